The minimum Gasteiger partial charge on any atom is -0.267 e. The van der Waals surface area contributed by atoms with Crippen LogP contribution in [0.25, 0.3) is 0 Å². The number of nitrogens with zero attached hydrogens (tertiary/aromatic N) is 1. The summed E-state index contributed by atoms with van der Waals surface area (Å²) in [7, 11) is 0. The van der Waals surface area contributed by atoms with Crippen molar-refractivity contribution in [3.63, 3.8) is 0 Å². The Morgan fingerprint density at radius 1 is 1.00 bits per heavy atom. The number of para-hydroxylation sites is 1. The summed E-state index contributed by atoms with van der Waals surface area (Å²) in [5, 5.41) is 11.3. The van der Waals surface area contributed by atoms with Gasteiger partial charge in [0.2, 0.25) is 0 Å². The van der Waals surface area contributed by atoms with Gasteiger partial charge in [0, 0.05) is 5.56 Å². The van der Waals surface area contributed by atoms with Gasteiger partial charge in [-0.3, -0.25) is 30.6 Å². The molecule has 0 saturated heterocycles. The van der Waals surface area contributed by atoms with Gasteiger partial charge in [0.1, 0.15) is 5.56 Å². The van der Waals surface area contributed by atoms with E-state index in [1.54, 1.807) is 12.1 Å². The Morgan fingerprint density at radius 2 is 1.57 bits per heavy atom. The number of nitro groups is 1. The molecule has 0 aliphatic carbocycles. The molecule has 2 rings (SSSR count). The van der Waals surface area contributed by atoms with E-state index in [9.17, 15) is 19.7 Å². The van der Waals surface area contributed by atoms with Crippen molar-refractivity contribution in [2.75, 3.05) is 0 Å². The van der Waals surface area contributed by atoms with E-state index in [0.717, 1.165) is 0 Å². The molecule has 2 amide bonds. The summed E-state index contributed by atoms with van der Waals surface area (Å²) in [4.78, 5) is 34.5. The second kappa shape index (κ2) is 6.89. The lowest BCUT2D eigenvalue weighted by Gasteiger charge is -2.09. The van der Waals surface area contributed by atoms with E-state index in [-0.39, 0.29) is 21.8 Å². The maximum absolute atomic E-state index is 12.1. The van der Waals surface area contributed by atoms with E-state index in [1.807, 2.05) is 0 Å². The molecule has 0 atom stereocenters. The lowest BCUT2D eigenvalue weighted by Crippen LogP contribution is -2.42. The predicted octanol–water partition coefficient (Wildman–Crippen LogP) is 2.63. The van der Waals surface area contributed by atoms with E-state index in [0.29, 0.717) is 5.56 Å². The molecule has 0 spiro atoms. The predicted molar refractivity (Wildman–Crippen MR) is 84.2 cm³/mol. The zero-order chi connectivity index (χ0) is 17.0. The largest absolute Gasteiger partial charge is 0.285 e. The number of carbonyl (C=O) groups excluding carboxylic acids is 2. The second-order valence-electron chi connectivity index (χ2n) is 4.62. The number of hydrogen-bond acceptors (Lipinski definition) is 4. The van der Waals surface area contributed by atoms with Crippen molar-refractivity contribution in [3.8, 4) is 0 Å². The fourth-order valence-electron chi connectivity index (χ4n) is 1.98. The van der Waals surface area contributed by atoms with Crippen molar-refractivity contribution in [2.45, 2.75) is 6.92 Å². The van der Waals surface area contributed by atoms with Gasteiger partial charge in [-0.1, -0.05) is 35.9 Å². The normalized spacial score (nSPS) is 10.0. The van der Waals surface area contributed by atoms with Crippen molar-refractivity contribution < 1.29 is 14.5 Å². The highest BCUT2D eigenvalue weighted by atomic mass is 35.5. The molecule has 7 nitrogen and oxygen atoms in total. The zero-order valence-electron chi connectivity index (χ0n) is 12.0. The van der Waals surface area contributed by atoms with Gasteiger partial charge < -0.3 is 0 Å². The molecule has 0 aliphatic rings. The number of carbonyl (C=O) groups is 2. The average molecular weight is 334 g/mol. The van der Waals surface area contributed by atoms with Gasteiger partial charge >= 0.3 is 0 Å². The smallest absolute Gasteiger partial charge is 0.267 e. The SMILES string of the molecule is Cc1cccc(C(=O)NNC(=O)c2ccccc2Cl)c1[N+](=O)[O-]. The molecule has 0 saturated carbocycles. The van der Waals surface area contributed by atoms with E-state index in [1.165, 1.54) is 37.3 Å². The molecule has 8 heteroatoms. The molecule has 0 radical (unpaired) electrons. The number of hydrazine groups is 1. The molecule has 2 N–H and O–H groups in total. The highest BCUT2D eigenvalue weighted by Crippen LogP contribution is 2.22. The first-order chi connectivity index (χ1) is 10.9. The maximum Gasteiger partial charge on any atom is 0.285 e. The van der Waals surface area contributed by atoms with Crippen molar-refractivity contribution in [1.82, 2.24) is 10.9 Å². The molecule has 118 valence electrons. The zero-order valence-corrected chi connectivity index (χ0v) is 12.8. The van der Waals surface area contributed by atoms with E-state index in [4.69, 9.17) is 11.6 Å². The minimum absolute atomic E-state index is 0.144. The van der Waals surface area contributed by atoms with Crippen LogP contribution >= 0.6 is 11.6 Å². The van der Waals surface area contributed by atoms with E-state index >= 15 is 0 Å². The molecule has 0 aliphatic heterocycles. The van der Waals surface area contributed by atoms with Gasteiger partial charge in [-0.15, -0.1) is 0 Å². The number of benzene rings is 2. The van der Waals surface area contributed by atoms with Crippen LogP contribution in [0.4, 0.5) is 5.69 Å². The molecule has 0 heterocycles. The van der Waals surface area contributed by atoms with Crippen molar-refractivity contribution in [3.05, 3.63) is 74.3 Å². The topological polar surface area (TPSA) is 101 Å². The van der Waals surface area contributed by atoms with Crippen LogP contribution in [0.2, 0.25) is 5.02 Å². The van der Waals surface area contributed by atoms with Crippen LogP contribution in [-0.4, -0.2) is 16.7 Å². The third-order valence-corrected chi connectivity index (χ3v) is 3.40. The van der Waals surface area contributed by atoms with Gasteiger partial charge in [0.05, 0.1) is 15.5 Å². The first kappa shape index (κ1) is 16.4. The van der Waals surface area contributed by atoms with Crippen LogP contribution < -0.4 is 10.9 Å². The van der Waals surface area contributed by atoms with Crippen LogP contribution in [0.3, 0.4) is 0 Å². The minimum atomic E-state index is -0.791. The number of nitro benzene ring substituents is 1. The van der Waals surface area contributed by atoms with Crippen LogP contribution in [-0.2, 0) is 0 Å². The first-order valence-corrected chi connectivity index (χ1v) is 6.89. The lowest BCUT2D eigenvalue weighted by atomic mass is 10.1. The Kier molecular flexibility index (Phi) is 4.92. The maximum atomic E-state index is 12.1. The third kappa shape index (κ3) is 3.64. The summed E-state index contributed by atoms with van der Waals surface area (Å²) in [6, 6.07) is 10.6. The highest BCUT2D eigenvalue weighted by molar-refractivity contribution is 6.33. The third-order valence-electron chi connectivity index (χ3n) is 3.07. The van der Waals surface area contributed by atoms with Crippen molar-refractivity contribution in [1.29, 1.82) is 0 Å². The van der Waals surface area contributed by atoms with Crippen LogP contribution in [0, 0.1) is 17.0 Å². The Hall–Kier alpha value is -2.93. The quantitative estimate of drug-likeness (QED) is 0.665. The van der Waals surface area contributed by atoms with Gasteiger partial charge in [0.25, 0.3) is 17.5 Å². The van der Waals surface area contributed by atoms with Gasteiger partial charge in [-0.2, -0.15) is 0 Å². The summed E-state index contributed by atoms with van der Waals surface area (Å²) in [6.07, 6.45) is 0. The number of aryl methyl sites for hydroxylation is 1. The van der Waals surface area contributed by atoms with Crippen LogP contribution in [0.1, 0.15) is 26.3 Å². The van der Waals surface area contributed by atoms with Crippen molar-refractivity contribution in [2.24, 2.45) is 0 Å². The summed E-state index contributed by atoms with van der Waals surface area (Å²) < 4.78 is 0. The fourth-order valence-corrected chi connectivity index (χ4v) is 2.20. The average Bonchev–Trinajstić information content (AvgIpc) is 2.52. The molecule has 2 aromatic carbocycles. The van der Waals surface area contributed by atoms with Crippen molar-refractivity contribution >= 4 is 29.1 Å². The summed E-state index contributed by atoms with van der Waals surface area (Å²) in [6.45, 7) is 1.53. The number of rotatable bonds is 3. The van der Waals surface area contributed by atoms with Gasteiger partial charge in [-0.05, 0) is 25.1 Å². The summed E-state index contributed by atoms with van der Waals surface area (Å²) in [5.41, 5.74) is 4.39. The number of nitrogens with one attached hydrogen (secondary N) is 2. The molecule has 0 bridgehead atoms. The first-order valence-electron chi connectivity index (χ1n) is 6.51. The summed E-state index contributed by atoms with van der Waals surface area (Å²) >= 11 is 5.88. The van der Waals surface area contributed by atoms with Gasteiger partial charge in [0.15, 0.2) is 0 Å². The molecule has 0 fully saturated rings. The molecule has 2 aromatic rings. The number of amides is 2. The fraction of sp³-hybridized carbons (Fsp3) is 0.0667. The molecule has 23 heavy (non-hydrogen) atoms. The van der Waals surface area contributed by atoms with Gasteiger partial charge in [-0.25, -0.2) is 0 Å². The summed E-state index contributed by atoms with van der Waals surface area (Å²) in [5.74, 6) is -1.42. The molecule has 0 unspecified atom stereocenters. The Labute approximate surface area is 136 Å². The second-order valence-corrected chi connectivity index (χ2v) is 5.02. The molecule has 0 aromatic heterocycles. The Bertz CT molecular complexity index is 792. The number of hydrogen-bond donors (Lipinski definition) is 2. The van der Waals surface area contributed by atoms with Crippen LogP contribution in [0.5, 0.6) is 0 Å². The van der Waals surface area contributed by atoms with E-state index < -0.39 is 16.7 Å². The molecular weight excluding hydrogens is 322 g/mol. The monoisotopic (exact) mass is 333 g/mol. The Morgan fingerprint density at radius 3 is 2.17 bits per heavy atom. The number of halogens is 1. The highest BCUT2D eigenvalue weighted by Gasteiger charge is 2.22. The standard InChI is InChI=1S/C15H12ClN3O4/c1-9-5-4-7-11(13(9)19(22)23)15(21)18-17-14(20)10-6-2-3-8-12(10)16/h2-8H,1H3,(H,17,20)(H,18,21). The lowest BCUT2D eigenvalue weighted by molar-refractivity contribution is -0.385. The molecular formula is C15H12ClN3O4. The van der Waals surface area contributed by atoms with E-state index in [2.05, 4.69) is 10.9 Å². The van der Waals surface area contributed by atoms with Crippen LogP contribution in [0.15, 0.2) is 42.5 Å². The Balaban J connectivity index is 2.15.